The SMILES string of the molecule is CC1C(C(F)(F)F)CCN1C(=O)c1cnnc2ccccc12. The Morgan fingerprint density at radius 2 is 2.05 bits per heavy atom. The first-order chi connectivity index (χ1) is 10.4. The summed E-state index contributed by atoms with van der Waals surface area (Å²) in [6.45, 7) is 1.54. The molecule has 1 aromatic carbocycles. The van der Waals surface area contributed by atoms with Gasteiger partial charge in [-0.25, -0.2) is 0 Å². The molecule has 1 fully saturated rings. The quantitative estimate of drug-likeness (QED) is 0.813. The van der Waals surface area contributed by atoms with Crippen LogP contribution in [0, 0.1) is 5.92 Å². The average molecular weight is 309 g/mol. The standard InChI is InChI=1S/C15H14F3N3O/c1-9-12(15(16,17)18)6-7-21(9)14(22)11-8-19-20-13-5-3-2-4-10(11)13/h2-5,8-9,12H,6-7H2,1H3. The summed E-state index contributed by atoms with van der Waals surface area (Å²) in [7, 11) is 0. The Morgan fingerprint density at radius 3 is 2.73 bits per heavy atom. The lowest BCUT2D eigenvalue weighted by molar-refractivity contribution is -0.177. The van der Waals surface area contributed by atoms with Gasteiger partial charge in [0.25, 0.3) is 5.91 Å². The van der Waals surface area contributed by atoms with E-state index >= 15 is 0 Å². The van der Waals surface area contributed by atoms with Gasteiger partial charge in [0.05, 0.1) is 23.2 Å². The molecule has 1 aliphatic rings. The molecule has 7 heteroatoms. The van der Waals surface area contributed by atoms with Gasteiger partial charge in [0.2, 0.25) is 0 Å². The van der Waals surface area contributed by atoms with Crippen molar-refractivity contribution in [3.05, 3.63) is 36.0 Å². The summed E-state index contributed by atoms with van der Waals surface area (Å²) < 4.78 is 38.8. The van der Waals surface area contributed by atoms with Gasteiger partial charge in [-0.2, -0.15) is 23.4 Å². The van der Waals surface area contributed by atoms with E-state index in [4.69, 9.17) is 0 Å². The molecule has 1 amide bonds. The van der Waals surface area contributed by atoms with E-state index in [2.05, 4.69) is 10.2 Å². The number of hydrogen-bond acceptors (Lipinski definition) is 3. The molecule has 4 nitrogen and oxygen atoms in total. The number of carbonyl (C=O) groups is 1. The molecule has 116 valence electrons. The average Bonchev–Trinajstić information content (AvgIpc) is 2.87. The maximum Gasteiger partial charge on any atom is 0.393 e. The zero-order valence-corrected chi connectivity index (χ0v) is 11.8. The van der Waals surface area contributed by atoms with Crippen LogP contribution in [0.15, 0.2) is 30.5 Å². The smallest absolute Gasteiger partial charge is 0.335 e. The molecule has 1 aliphatic heterocycles. The number of likely N-dealkylation sites (tertiary alicyclic amines) is 1. The monoisotopic (exact) mass is 309 g/mol. The van der Waals surface area contributed by atoms with Crippen LogP contribution in [0.2, 0.25) is 0 Å². The molecule has 0 radical (unpaired) electrons. The summed E-state index contributed by atoms with van der Waals surface area (Å²) in [6, 6.07) is 6.08. The second kappa shape index (κ2) is 5.23. The van der Waals surface area contributed by atoms with Gasteiger partial charge in [0, 0.05) is 18.0 Å². The van der Waals surface area contributed by atoms with Crippen molar-refractivity contribution in [3.8, 4) is 0 Å². The van der Waals surface area contributed by atoms with Crippen molar-refractivity contribution in [2.45, 2.75) is 25.6 Å². The topological polar surface area (TPSA) is 46.1 Å². The molecule has 2 unspecified atom stereocenters. The first-order valence-electron chi connectivity index (χ1n) is 6.97. The van der Waals surface area contributed by atoms with E-state index in [0.29, 0.717) is 16.5 Å². The van der Waals surface area contributed by atoms with E-state index in [1.54, 1.807) is 24.3 Å². The Hall–Kier alpha value is -2.18. The van der Waals surface area contributed by atoms with Crippen LogP contribution in [0.1, 0.15) is 23.7 Å². The van der Waals surface area contributed by atoms with Crippen LogP contribution in [0.3, 0.4) is 0 Å². The number of nitrogens with zero attached hydrogens (tertiary/aromatic N) is 3. The van der Waals surface area contributed by atoms with Gasteiger partial charge < -0.3 is 4.90 Å². The van der Waals surface area contributed by atoms with E-state index in [0.717, 1.165) is 0 Å². The number of aromatic nitrogens is 2. The first-order valence-corrected chi connectivity index (χ1v) is 6.97. The molecule has 1 aromatic heterocycles. The largest absolute Gasteiger partial charge is 0.393 e. The Kier molecular flexibility index (Phi) is 3.50. The van der Waals surface area contributed by atoms with E-state index in [1.807, 2.05) is 0 Å². The van der Waals surface area contributed by atoms with Crippen molar-refractivity contribution in [3.63, 3.8) is 0 Å². The third-order valence-electron chi connectivity index (χ3n) is 4.21. The van der Waals surface area contributed by atoms with E-state index in [-0.39, 0.29) is 13.0 Å². The van der Waals surface area contributed by atoms with Crippen LogP contribution in [0.25, 0.3) is 10.9 Å². The lowest BCUT2D eigenvalue weighted by Gasteiger charge is -2.26. The van der Waals surface area contributed by atoms with Crippen LogP contribution in [-0.2, 0) is 0 Å². The predicted octanol–water partition coefficient (Wildman–Crippen LogP) is 3.04. The second-order valence-electron chi connectivity index (χ2n) is 5.45. The Bertz CT molecular complexity index is 711. The van der Waals surface area contributed by atoms with Gasteiger partial charge in [-0.15, -0.1) is 0 Å². The van der Waals surface area contributed by atoms with Gasteiger partial charge in [0.15, 0.2) is 0 Å². The highest BCUT2D eigenvalue weighted by Crippen LogP contribution is 2.38. The van der Waals surface area contributed by atoms with Crippen molar-refractivity contribution in [1.29, 1.82) is 0 Å². The minimum absolute atomic E-state index is 0.0626. The number of rotatable bonds is 1. The van der Waals surface area contributed by atoms with E-state index in [9.17, 15) is 18.0 Å². The summed E-state index contributed by atoms with van der Waals surface area (Å²) in [5, 5.41) is 8.30. The van der Waals surface area contributed by atoms with E-state index < -0.39 is 24.0 Å². The fraction of sp³-hybridized carbons (Fsp3) is 0.400. The lowest BCUT2D eigenvalue weighted by Crippen LogP contribution is -2.39. The zero-order chi connectivity index (χ0) is 15.9. The maximum atomic E-state index is 12.9. The van der Waals surface area contributed by atoms with Crippen LogP contribution in [0.4, 0.5) is 13.2 Å². The molecule has 22 heavy (non-hydrogen) atoms. The van der Waals surface area contributed by atoms with Crippen molar-refractivity contribution in [1.82, 2.24) is 15.1 Å². The highest BCUT2D eigenvalue weighted by Gasteiger charge is 2.49. The van der Waals surface area contributed by atoms with Crippen molar-refractivity contribution >= 4 is 16.8 Å². The van der Waals surface area contributed by atoms with Crippen LogP contribution < -0.4 is 0 Å². The molecule has 0 bridgehead atoms. The predicted molar refractivity (Wildman–Crippen MR) is 74.2 cm³/mol. The lowest BCUT2D eigenvalue weighted by atomic mass is 10.0. The number of benzene rings is 1. The minimum Gasteiger partial charge on any atom is -0.335 e. The molecular weight excluding hydrogens is 295 g/mol. The second-order valence-corrected chi connectivity index (χ2v) is 5.45. The summed E-state index contributed by atoms with van der Waals surface area (Å²) in [5.41, 5.74) is 0.841. The summed E-state index contributed by atoms with van der Waals surface area (Å²) in [6.07, 6.45) is -3.03. The summed E-state index contributed by atoms with van der Waals surface area (Å²) >= 11 is 0. The normalized spacial score (nSPS) is 22.3. The Morgan fingerprint density at radius 1 is 1.32 bits per heavy atom. The van der Waals surface area contributed by atoms with Gasteiger partial charge in [-0.05, 0) is 19.4 Å². The molecule has 0 N–H and O–H groups in total. The molecule has 3 rings (SSSR count). The molecule has 2 atom stereocenters. The zero-order valence-electron chi connectivity index (χ0n) is 11.8. The fourth-order valence-electron chi connectivity index (χ4n) is 3.00. The minimum atomic E-state index is -4.28. The highest BCUT2D eigenvalue weighted by molar-refractivity contribution is 6.05. The highest BCUT2D eigenvalue weighted by atomic mass is 19.4. The van der Waals surface area contributed by atoms with Crippen molar-refractivity contribution in [2.75, 3.05) is 6.54 Å². The van der Waals surface area contributed by atoms with Crippen molar-refractivity contribution in [2.24, 2.45) is 5.92 Å². The van der Waals surface area contributed by atoms with Crippen molar-refractivity contribution < 1.29 is 18.0 Å². The van der Waals surface area contributed by atoms with Crippen LogP contribution in [-0.4, -0.2) is 39.8 Å². The van der Waals surface area contributed by atoms with Crippen LogP contribution >= 0.6 is 0 Å². The van der Waals surface area contributed by atoms with Crippen LogP contribution in [0.5, 0.6) is 0 Å². The third-order valence-corrected chi connectivity index (χ3v) is 4.21. The number of alkyl halides is 3. The Balaban J connectivity index is 1.94. The molecular formula is C15H14F3N3O. The van der Waals surface area contributed by atoms with Gasteiger partial charge in [-0.3, -0.25) is 4.79 Å². The van der Waals surface area contributed by atoms with Gasteiger partial charge >= 0.3 is 6.18 Å². The van der Waals surface area contributed by atoms with Gasteiger partial charge in [-0.1, -0.05) is 18.2 Å². The van der Waals surface area contributed by atoms with E-state index in [1.165, 1.54) is 18.0 Å². The number of amides is 1. The third kappa shape index (κ3) is 2.40. The summed E-state index contributed by atoms with van der Waals surface area (Å²) in [5.74, 6) is -1.90. The summed E-state index contributed by atoms with van der Waals surface area (Å²) in [4.78, 5) is 13.9. The number of halogens is 3. The molecule has 2 heterocycles. The molecule has 1 saturated heterocycles. The number of carbonyl (C=O) groups excluding carboxylic acids is 1. The molecule has 0 aliphatic carbocycles. The number of hydrogen-bond donors (Lipinski definition) is 0. The fourth-order valence-corrected chi connectivity index (χ4v) is 3.00. The molecule has 0 saturated carbocycles. The molecule has 0 spiro atoms. The van der Waals surface area contributed by atoms with Gasteiger partial charge in [0.1, 0.15) is 0 Å². The maximum absolute atomic E-state index is 12.9. The Labute approximate surface area is 124 Å². The number of fused-ring (bicyclic) bond motifs is 1. The molecule has 2 aromatic rings. The first kappa shape index (κ1) is 14.7.